The van der Waals surface area contributed by atoms with Crippen molar-refractivity contribution in [2.75, 3.05) is 7.11 Å². The summed E-state index contributed by atoms with van der Waals surface area (Å²) in [6.45, 7) is 2.13. The van der Waals surface area contributed by atoms with Gasteiger partial charge in [0.05, 0.1) is 7.11 Å². The molecule has 0 radical (unpaired) electrons. The largest absolute Gasteiger partial charge is 0.468 e. The molecule has 21 heavy (non-hydrogen) atoms. The summed E-state index contributed by atoms with van der Waals surface area (Å²) in [5, 5.41) is 0. The van der Waals surface area contributed by atoms with Crippen LogP contribution in [0.4, 0.5) is 0 Å². The molecule has 4 nitrogen and oxygen atoms in total. The van der Waals surface area contributed by atoms with Crippen LogP contribution in [-0.2, 0) is 14.3 Å². The highest BCUT2D eigenvalue weighted by molar-refractivity contribution is 5.78. The van der Waals surface area contributed by atoms with Gasteiger partial charge in [-0.1, -0.05) is 30.3 Å². The van der Waals surface area contributed by atoms with Crippen LogP contribution in [0.3, 0.4) is 0 Å². The lowest BCUT2D eigenvalue weighted by Gasteiger charge is -2.39. The van der Waals surface area contributed by atoms with Gasteiger partial charge in [-0.2, -0.15) is 0 Å². The van der Waals surface area contributed by atoms with Crippen molar-refractivity contribution in [1.82, 2.24) is 4.90 Å². The molecule has 1 aromatic rings. The number of hydrogen-bond donors (Lipinski definition) is 0. The van der Waals surface area contributed by atoms with E-state index in [1.54, 1.807) is 0 Å². The van der Waals surface area contributed by atoms with E-state index in [9.17, 15) is 9.59 Å². The zero-order valence-electron chi connectivity index (χ0n) is 12.4. The Morgan fingerprint density at radius 3 is 2.67 bits per heavy atom. The fourth-order valence-electron chi connectivity index (χ4n) is 4.16. The standard InChI is InChI=1S/C17H21NO3/c1-11(12-6-4-3-5-7-12)18-14-8-13(10-19)15(9-14)16(18)17(20)21-2/h3-7,10-11,13-16H,8-9H2,1-2H3/t11-,13+,14-,15-,16+/m0/s1. The maximum Gasteiger partial charge on any atom is 0.323 e. The molecule has 5 atom stereocenters. The molecule has 2 fully saturated rings. The highest BCUT2D eigenvalue weighted by atomic mass is 16.5. The van der Waals surface area contributed by atoms with Crippen molar-refractivity contribution in [3.05, 3.63) is 35.9 Å². The molecular weight excluding hydrogens is 266 g/mol. The number of methoxy groups -OCH3 is 1. The number of benzene rings is 1. The summed E-state index contributed by atoms with van der Waals surface area (Å²) in [4.78, 5) is 25.7. The van der Waals surface area contributed by atoms with Gasteiger partial charge in [0, 0.05) is 18.0 Å². The topological polar surface area (TPSA) is 46.6 Å². The van der Waals surface area contributed by atoms with Crippen LogP contribution in [0.2, 0.25) is 0 Å². The SMILES string of the molecule is COC(=O)[C@H]1[C@H]2C[C@H](C[C@@H]2C=O)N1[C@@H](C)c1ccccc1. The van der Waals surface area contributed by atoms with E-state index in [1.165, 1.54) is 12.7 Å². The minimum atomic E-state index is -0.292. The van der Waals surface area contributed by atoms with Gasteiger partial charge in [-0.05, 0) is 31.2 Å². The van der Waals surface area contributed by atoms with Crippen LogP contribution in [0.1, 0.15) is 31.4 Å². The van der Waals surface area contributed by atoms with E-state index >= 15 is 0 Å². The molecule has 112 valence electrons. The molecule has 1 aliphatic carbocycles. The molecule has 2 bridgehead atoms. The van der Waals surface area contributed by atoms with Gasteiger partial charge in [-0.3, -0.25) is 9.69 Å². The fourth-order valence-corrected chi connectivity index (χ4v) is 4.16. The molecule has 0 spiro atoms. The number of rotatable bonds is 4. The summed E-state index contributed by atoms with van der Waals surface area (Å²) in [5.74, 6) is -0.110. The van der Waals surface area contributed by atoms with Crippen LogP contribution < -0.4 is 0 Å². The van der Waals surface area contributed by atoms with Crippen molar-refractivity contribution >= 4 is 12.3 Å². The monoisotopic (exact) mass is 287 g/mol. The van der Waals surface area contributed by atoms with Crippen molar-refractivity contribution < 1.29 is 14.3 Å². The van der Waals surface area contributed by atoms with Crippen LogP contribution in [-0.4, -0.2) is 36.3 Å². The Balaban J connectivity index is 1.90. The molecule has 1 saturated carbocycles. The van der Waals surface area contributed by atoms with Gasteiger partial charge in [0.15, 0.2) is 0 Å². The van der Waals surface area contributed by atoms with Crippen LogP contribution in [0.5, 0.6) is 0 Å². The molecule has 1 saturated heterocycles. The smallest absolute Gasteiger partial charge is 0.323 e. The van der Waals surface area contributed by atoms with Crippen molar-refractivity contribution in [3.63, 3.8) is 0 Å². The lowest BCUT2D eigenvalue weighted by atomic mass is 9.87. The minimum absolute atomic E-state index is 0.00155. The summed E-state index contributed by atoms with van der Waals surface area (Å²) in [6.07, 6.45) is 2.80. The van der Waals surface area contributed by atoms with E-state index < -0.39 is 0 Å². The second-order valence-electron chi connectivity index (χ2n) is 6.09. The average molecular weight is 287 g/mol. The lowest BCUT2D eigenvalue weighted by molar-refractivity contribution is -0.151. The Hall–Kier alpha value is -1.68. The predicted octanol–water partition coefficient (Wildman–Crippen LogP) is 2.20. The number of carbonyl (C=O) groups excluding carboxylic acids is 2. The van der Waals surface area contributed by atoms with Gasteiger partial charge >= 0.3 is 5.97 Å². The van der Waals surface area contributed by atoms with Crippen molar-refractivity contribution in [1.29, 1.82) is 0 Å². The number of esters is 1. The minimum Gasteiger partial charge on any atom is -0.468 e. The summed E-state index contributed by atoms with van der Waals surface area (Å²) < 4.78 is 5.00. The van der Waals surface area contributed by atoms with Crippen molar-refractivity contribution in [3.8, 4) is 0 Å². The Kier molecular flexibility index (Phi) is 3.81. The number of fused-ring (bicyclic) bond motifs is 2. The highest BCUT2D eigenvalue weighted by Gasteiger charge is 2.55. The van der Waals surface area contributed by atoms with E-state index in [4.69, 9.17) is 4.74 Å². The summed E-state index contributed by atoms with van der Waals surface area (Å²) in [7, 11) is 1.43. The predicted molar refractivity (Wildman–Crippen MR) is 78.6 cm³/mol. The van der Waals surface area contributed by atoms with Crippen LogP contribution in [0.25, 0.3) is 0 Å². The van der Waals surface area contributed by atoms with Gasteiger partial charge in [-0.25, -0.2) is 0 Å². The quantitative estimate of drug-likeness (QED) is 0.629. The van der Waals surface area contributed by atoms with E-state index in [0.29, 0.717) is 6.04 Å². The van der Waals surface area contributed by atoms with Crippen LogP contribution in [0, 0.1) is 11.8 Å². The number of hydrogen-bond acceptors (Lipinski definition) is 4. The first-order chi connectivity index (χ1) is 10.2. The zero-order chi connectivity index (χ0) is 15.0. The average Bonchev–Trinajstić information content (AvgIpc) is 3.11. The first-order valence-electron chi connectivity index (χ1n) is 7.53. The van der Waals surface area contributed by atoms with Crippen molar-refractivity contribution in [2.24, 2.45) is 11.8 Å². The molecule has 0 unspecified atom stereocenters. The van der Waals surface area contributed by atoms with Gasteiger partial charge < -0.3 is 9.53 Å². The number of carbonyl (C=O) groups is 2. The third kappa shape index (κ3) is 2.27. The lowest BCUT2D eigenvalue weighted by Crippen LogP contribution is -2.50. The number of nitrogens with zero attached hydrogens (tertiary/aromatic N) is 1. The van der Waals surface area contributed by atoms with Crippen LogP contribution >= 0.6 is 0 Å². The molecule has 0 N–H and O–H groups in total. The molecule has 0 amide bonds. The van der Waals surface area contributed by atoms with Gasteiger partial charge in [0.25, 0.3) is 0 Å². The molecule has 0 aromatic heterocycles. The fraction of sp³-hybridized carbons (Fsp3) is 0.529. The van der Waals surface area contributed by atoms with Gasteiger partial charge in [-0.15, -0.1) is 0 Å². The summed E-state index contributed by atoms with van der Waals surface area (Å²) in [6, 6.07) is 10.3. The molecule has 1 heterocycles. The molecule has 1 aliphatic heterocycles. The second kappa shape index (κ2) is 5.60. The van der Waals surface area contributed by atoms with Gasteiger partial charge in [0.2, 0.25) is 0 Å². The molecule has 3 rings (SSSR count). The van der Waals surface area contributed by atoms with Gasteiger partial charge in [0.1, 0.15) is 12.3 Å². The van der Waals surface area contributed by atoms with E-state index in [-0.39, 0.29) is 29.9 Å². The maximum atomic E-state index is 12.2. The Morgan fingerprint density at radius 1 is 1.33 bits per heavy atom. The zero-order valence-corrected chi connectivity index (χ0v) is 12.4. The number of piperidine rings is 1. The second-order valence-corrected chi connectivity index (χ2v) is 6.09. The molecular formula is C17H21NO3. The maximum absolute atomic E-state index is 12.2. The first-order valence-corrected chi connectivity index (χ1v) is 7.53. The first kappa shape index (κ1) is 14.3. The number of ether oxygens (including phenoxy) is 1. The molecule has 1 aromatic carbocycles. The third-order valence-corrected chi connectivity index (χ3v) is 5.13. The summed E-state index contributed by atoms with van der Waals surface area (Å²) in [5.41, 5.74) is 1.20. The van der Waals surface area contributed by atoms with E-state index in [1.807, 2.05) is 18.2 Å². The number of likely N-dealkylation sites (tertiary alicyclic amines) is 1. The summed E-state index contributed by atoms with van der Waals surface area (Å²) >= 11 is 0. The highest BCUT2D eigenvalue weighted by Crippen LogP contribution is 2.49. The van der Waals surface area contributed by atoms with Crippen LogP contribution in [0.15, 0.2) is 30.3 Å². The van der Waals surface area contributed by atoms with E-state index in [0.717, 1.165) is 19.1 Å². The molecule has 2 aliphatic rings. The van der Waals surface area contributed by atoms with Crippen molar-refractivity contribution in [2.45, 2.75) is 37.9 Å². The number of aldehydes is 1. The third-order valence-electron chi connectivity index (χ3n) is 5.13. The Labute approximate surface area is 125 Å². The van der Waals surface area contributed by atoms with E-state index in [2.05, 4.69) is 24.0 Å². The Bertz CT molecular complexity index is 530. The molecule has 4 heteroatoms. The Morgan fingerprint density at radius 2 is 2.05 bits per heavy atom. The normalized spacial score (nSPS) is 32.9.